The van der Waals surface area contributed by atoms with Crippen LogP contribution < -0.4 is 5.73 Å². The topological polar surface area (TPSA) is 41.8 Å². The molecular weight excluding hydrogens is 216 g/mol. The lowest BCUT2D eigenvalue weighted by molar-refractivity contribution is 0.563. The zero-order chi connectivity index (χ0) is 8.55. The molecule has 1 heterocycles. The molecule has 2 nitrogen and oxygen atoms in total. The van der Waals surface area contributed by atoms with Gasteiger partial charge in [0, 0.05) is 6.20 Å². The van der Waals surface area contributed by atoms with Crippen molar-refractivity contribution in [3.8, 4) is 0 Å². The van der Waals surface area contributed by atoms with Crippen LogP contribution >= 0.6 is 15.9 Å². The lowest BCUT2D eigenvalue weighted by Crippen LogP contribution is -2.16. The van der Waals surface area contributed by atoms with E-state index in [9.17, 15) is 0 Å². The van der Waals surface area contributed by atoms with Crippen LogP contribution in [-0.2, 0) is 6.42 Å². The summed E-state index contributed by atoms with van der Waals surface area (Å²) in [6.07, 6.45) is 5.80. The van der Waals surface area contributed by atoms with Crippen LogP contribution in [0.1, 0.15) is 29.9 Å². The van der Waals surface area contributed by atoms with E-state index in [0.29, 0.717) is 5.92 Å². The molecule has 0 fully saturated rings. The minimum absolute atomic E-state index is 0.580. The van der Waals surface area contributed by atoms with Crippen molar-refractivity contribution in [2.75, 3.05) is 6.54 Å². The van der Waals surface area contributed by atoms with Crippen LogP contribution in [0, 0.1) is 0 Å². The fourth-order valence-corrected chi connectivity index (χ4v) is 2.53. The molecule has 0 bridgehead atoms. The zero-order valence-corrected chi connectivity index (χ0v) is 8.52. The number of fused-ring (bicyclic) bond motifs is 1. The van der Waals surface area contributed by atoms with Crippen molar-refractivity contribution in [2.24, 2.45) is 5.73 Å². The van der Waals surface area contributed by atoms with E-state index in [1.807, 2.05) is 0 Å². The molecule has 1 aromatic rings. The highest BCUT2D eigenvalue weighted by Crippen LogP contribution is 2.34. The Morgan fingerprint density at radius 2 is 2.50 bits per heavy atom. The number of rotatable bonds is 1. The van der Waals surface area contributed by atoms with Gasteiger partial charge in [0.1, 0.15) is 0 Å². The van der Waals surface area contributed by atoms with E-state index in [4.69, 9.17) is 5.73 Å². The molecule has 1 atom stereocenters. The quantitative estimate of drug-likeness (QED) is 0.761. The fraction of sp³-hybridized carbons (Fsp3) is 0.556. The van der Waals surface area contributed by atoms with Gasteiger partial charge in [-0.15, -0.1) is 0 Å². The number of aromatic amines is 1. The molecule has 0 radical (unpaired) electrons. The molecule has 1 unspecified atom stereocenters. The molecule has 3 heteroatoms. The Labute approximate surface area is 80.7 Å². The number of H-pyrrole nitrogens is 1. The van der Waals surface area contributed by atoms with Crippen LogP contribution in [0.2, 0.25) is 0 Å². The summed E-state index contributed by atoms with van der Waals surface area (Å²) in [6.45, 7) is 0.775. The highest BCUT2D eigenvalue weighted by molar-refractivity contribution is 9.10. The maximum Gasteiger partial charge on any atom is 0.0855 e. The number of aromatic nitrogens is 1. The van der Waals surface area contributed by atoms with E-state index in [-0.39, 0.29) is 0 Å². The van der Waals surface area contributed by atoms with E-state index >= 15 is 0 Å². The molecule has 12 heavy (non-hydrogen) atoms. The van der Waals surface area contributed by atoms with E-state index in [0.717, 1.165) is 11.1 Å². The third kappa shape index (κ3) is 1.21. The first-order chi connectivity index (χ1) is 5.83. The van der Waals surface area contributed by atoms with Gasteiger partial charge in [-0.2, -0.15) is 0 Å². The van der Waals surface area contributed by atoms with Gasteiger partial charge in [-0.3, -0.25) is 0 Å². The number of nitrogens with one attached hydrogen (secondary N) is 1. The van der Waals surface area contributed by atoms with E-state index in [1.165, 1.54) is 30.4 Å². The molecule has 1 aliphatic carbocycles. The predicted octanol–water partition coefficient (Wildman–Crippen LogP) is 2.16. The van der Waals surface area contributed by atoms with E-state index < -0.39 is 0 Å². The molecule has 2 rings (SSSR count). The van der Waals surface area contributed by atoms with Crippen molar-refractivity contribution in [3.63, 3.8) is 0 Å². The second kappa shape index (κ2) is 3.23. The number of hydrogen-bond acceptors (Lipinski definition) is 1. The van der Waals surface area contributed by atoms with Crippen molar-refractivity contribution < 1.29 is 0 Å². The Morgan fingerprint density at radius 3 is 3.25 bits per heavy atom. The zero-order valence-electron chi connectivity index (χ0n) is 6.94. The smallest absolute Gasteiger partial charge is 0.0855 e. The van der Waals surface area contributed by atoms with Gasteiger partial charge in [-0.25, -0.2) is 0 Å². The van der Waals surface area contributed by atoms with Crippen LogP contribution in [0.25, 0.3) is 0 Å². The minimum Gasteiger partial charge on any atom is -0.356 e. The van der Waals surface area contributed by atoms with Crippen LogP contribution in [0.3, 0.4) is 0 Å². The van der Waals surface area contributed by atoms with Crippen molar-refractivity contribution in [3.05, 3.63) is 21.9 Å². The highest BCUT2D eigenvalue weighted by Gasteiger charge is 2.21. The molecule has 3 N–H and O–H groups in total. The van der Waals surface area contributed by atoms with E-state index in [1.54, 1.807) is 0 Å². The van der Waals surface area contributed by atoms with Crippen molar-refractivity contribution in [2.45, 2.75) is 25.2 Å². The van der Waals surface area contributed by atoms with Gasteiger partial charge in [0.05, 0.1) is 4.60 Å². The van der Waals surface area contributed by atoms with Crippen molar-refractivity contribution in [1.29, 1.82) is 0 Å². The molecule has 0 amide bonds. The second-order valence-corrected chi connectivity index (χ2v) is 4.15. The lowest BCUT2D eigenvalue weighted by Gasteiger charge is -2.20. The minimum atomic E-state index is 0.580. The highest BCUT2D eigenvalue weighted by atomic mass is 79.9. The molecule has 0 saturated carbocycles. The molecule has 0 aromatic carbocycles. The molecule has 1 aliphatic rings. The van der Waals surface area contributed by atoms with Crippen molar-refractivity contribution >= 4 is 15.9 Å². The Bertz CT molecular complexity index is 280. The fourth-order valence-electron chi connectivity index (χ4n) is 1.99. The average molecular weight is 229 g/mol. The molecule has 0 aliphatic heterocycles. The summed E-state index contributed by atoms with van der Waals surface area (Å²) >= 11 is 3.51. The Hall–Kier alpha value is -0.280. The number of hydrogen-bond donors (Lipinski definition) is 2. The summed E-state index contributed by atoms with van der Waals surface area (Å²) in [4.78, 5) is 3.20. The lowest BCUT2D eigenvalue weighted by atomic mass is 9.86. The molecular formula is C9H13BrN2. The normalized spacial score (nSPS) is 22.3. The van der Waals surface area contributed by atoms with Gasteiger partial charge < -0.3 is 10.7 Å². The Kier molecular flexibility index (Phi) is 2.24. The first kappa shape index (κ1) is 8.32. The maximum atomic E-state index is 5.70. The van der Waals surface area contributed by atoms with Gasteiger partial charge in [0.2, 0.25) is 0 Å². The molecule has 0 saturated heterocycles. The third-order valence-electron chi connectivity index (χ3n) is 2.67. The molecule has 1 aromatic heterocycles. The summed E-state index contributed by atoms with van der Waals surface area (Å²) in [7, 11) is 0. The Morgan fingerprint density at radius 1 is 1.67 bits per heavy atom. The largest absolute Gasteiger partial charge is 0.356 e. The average Bonchev–Trinajstić information content (AvgIpc) is 2.48. The maximum absolute atomic E-state index is 5.70. The first-order valence-electron chi connectivity index (χ1n) is 4.38. The third-order valence-corrected chi connectivity index (χ3v) is 3.38. The Balaban J connectivity index is 2.38. The predicted molar refractivity (Wildman–Crippen MR) is 53.2 cm³/mol. The molecule has 0 spiro atoms. The second-order valence-electron chi connectivity index (χ2n) is 3.36. The van der Waals surface area contributed by atoms with Crippen LogP contribution in [0.5, 0.6) is 0 Å². The summed E-state index contributed by atoms with van der Waals surface area (Å²) in [5.41, 5.74) is 8.57. The van der Waals surface area contributed by atoms with Gasteiger partial charge in [-0.1, -0.05) is 0 Å². The summed E-state index contributed by atoms with van der Waals surface area (Å²) in [5.74, 6) is 0.580. The van der Waals surface area contributed by atoms with Gasteiger partial charge in [0.25, 0.3) is 0 Å². The first-order valence-corrected chi connectivity index (χ1v) is 5.18. The summed E-state index contributed by atoms with van der Waals surface area (Å²) in [6, 6.07) is 0. The van der Waals surface area contributed by atoms with Gasteiger partial charge >= 0.3 is 0 Å². The number of nitrogens with two attached hydrogens (primary N) is 1. The summed E-state index contributed by atoms with van der Waals surface area (Å²) in [5, 5.41) is 0. The molecule has 66 valence electrons. The number of halogens is 1. The monoisotopic (exact) mass is 228 g/mol. The summed E-state index contributed by atoms with van der Waals surface area (Å²) < 4.78 is 1.15. The van der Waals surface area contributed by atoms with Crippen molar-refractivity contribution in [1.82, 2.24) is 4.98 Å². The van der Waals surface area contributed by atoms with Gasteiger partial charge in [-0.05, 0) is 58.8 Å². The van der Waals surface area contributed by atoms with E-state index in [2.05, 4.69) is 27.1 Å². The van der Waals surface area contributed by atoms with Crippen LogP contribution in [0.4, 0.5) is 0 Å². The standard InChI is InChI=1S/C9H13BrN2/c10-9-7-3-1-2-6(4-11)8(7)5-12-9/h5-6,12H,1-4,11H2. The van der Waals surface area contributed by atoms with Crippen LogP contribution in [-0.4, -0.2) is 11.5 Å². The van der Waals surface area contributed by atoms with Gasteiger partial charge in [0.15, 0.2) is 0 Å². The SMILES string of the molecule is NCC1CCCc2c1c[nH]c2Br. The van der Waals surface area contributed by atoms with Crippen LogP contribution in [0.15, 0.2) is 10.8 Å².